The van der Waals surface area contributed by atoms with Crippen LogP contribution in [0.5, 0.6) is 0 Å². The highest BCUT2D eigenvalue weighted by Gasteiger charge is 2.16. The number of aromatic nitrogens is 1. The first-order valence-electron chi connectivity index (χ1n) is 7.95. The van der Waals surface area contributed by atoms with E-state index >= 15 is 0 Å². The average Bonchev–Trinajstić information content (AvgIpc) is 3.11. The lowest BCUT2D eigenvalue weighted by Crippen LogP contribution is -2.20. The van der Waals surface area contributed by atoms with Gasteiger partial charge in [-0.15, -0.1) is 0 Å². The third-order valence-corrected chi connectivity index (χ3v) is 4.05. The van der Waals surface area contributed by atoms with E-state index in [2.05, 4.69) is 15.2 Å². The molecule has 3 rings (SSSR count). The van der Waals surface area contributed by atoms with Crippen molar-refractivity contribution in [3.05, 3.63) is 53.9 Å². The number of benzene rings is 1. The Kier molecular flexibility index (Phi) is 4.74. The second-order valence-corrected chi connectivity index (χ2v) is 5.78. The summed E-state index contributed by atoms with van der Waals surface area (Å²) in [5.74, 6) is -1.28. The van der Waals surface area contributed by atoms with Crippen LogP contribution in [0.4, 0.5) is 11.4 Å². The molecule has 0 spiro atoms. The van der Waals surface area contributed by atoms with Crippen molar-refractivity contribution >= 4 is 23.3 Å². The highest BCUT2D eigenvalue weighted by molar-refractivity contribution is 6.04. The molecule has 2 heterocycles. The lowest BCUT2D eigenvalue weighted by Gasteiger charge is -2.18. The maximum absolute atomic E-state index is 12.5. The number of amides is 1. The Morgan fingerprint density at radius 1 is 1.17 bits per heavy atom. The van der Waals surface area contributed by atoms with Gasteiger partial charge in [-0.25, -0.2) is 0 Å². The Labute approximate surface area is 140 Å². The maximum Gasteiger partial charge on any atom is 0.307 e. The van der Waals surface area contributed by atoms with E-state index in [1.54, 1.807) is 36.5 Å². The minimum atomic E-state index is -0.939. The number of carbonyl (C=O) groups excluding carboxylic acids is 1. The van der Waals surface area contributed by atoms with Crippen LogP contribution >= 0.6 is 0 Å². The minimum absolute atomic E-state index is 0.141. The van der Waals surface area contributed by atoms with Gasteiger partial charge < -0.3 is 15.3 Å². The standard InChI is InChI=1S/C18H19N3O3/c22-17(23)11-13-5-1-2-6-15(13)20-18(24)16-12-14(7-8-19-16)21-9-3-4-10-21/h1-2,5-8,12H,3-4,9-11H2,(H,20,24)(H,22,23). The van der Waals surface area contributed by atoms with Gasteiger partial charge in [-0.3, -0.25) is 14.6 Å². The van der Waals surface area contributed by atoms with E-state index in [1.807, 2.05) is 6.07 Å². The lowest BCUT2D eigenvalue weighted by atomic mass is 10.1. The van der Waals surface area contributed by atoms with Crippen LogP contribution in [-0.2, 0) is 11.2 Å². The lowest BCUT2D eigenvalue weighted by molar-refractivity contribution is -0.136. The predicted molar refractivity (Wildman–Crippen MR) is 91.4 cm³/mol. The number of pyridine rings is 1. The van der Waals surface area contributed by atoms with Crippen LogP contribution in [0.25, 0.3) is 0 Å². The van der Waals surface area contributed by atoms with Crippen LogP contribution in [-0.4, -0.2) is 35.1 Å². The van der Waals surface area contributed by atoms with E-state index in [1.165, 1.54) is 0 Å². The van der Waals surface area contributed by atoms with Crippen molar-refractivity contribution in [2.45, 2.75) is 19.3 Å². The van der Waals surface area contributed by atoms with Crippen LogP contribution in [0, 0.1) is 0 Å². The molecule has 6 heteroatoms. The number of anilines is 2. The molecule has 0 saturated carbocycles. The number of carbonyl (C=O) groups is 2. The minimum Gasteiger partial charge on any atom is -0.481 e. The first-order chi connectivity index (χ1) is 11.6. The van der Waals surface area contributed by atoms with Gasteiger partial charge in [0.2, 0.25) is 0 Å². The van der Waals surface area contributed by atoms with Crippen molar-refractivity contribution in [1.29, 1.82) is 0 Å². The molecule has 0 bridgehead atoms. The fourth-order valence-electron chi connectivity index (χ4n) is 2.86. The van der Waals surface area contributed by atoms with Gasteiger partial charge in [0.05, 0.1) is 6.42 Å². The summed E-state index contributed by atoms with van der Waals surface area (Å²) in [4.78, 5) is 29.8. The fourth-order valence-corrected chi connectivity index (χ4v) is 2.86. The van der Waals surface area contributed by atoms with E-state index in [0.717, 1.165) is 31.6 Å². The summed E-state index contributed by atoms with van der Waals surface area (Å²) in [6.07, 6.45) is 3.81. The van der Waals surface area contributed by atoms with Crippen LogP contribution in [0.2, 0.25) is 0 Å². The molecular weight excluding hydrogens is 306 g/mol. The summed E-state index contributed by atoms with van der Waals surface area (Å²) in [5.41, 5.74) is 2.38. The van der Waals surface area contributed by atoms with Crippen molar-refractivity contribution in [2.75, 3.05) is 23.3 Å². The van der Waals surface area contributed by atoms with Gasteiger partial charge in [0.1, 0.15) is 5.69 Å². The normalized spacial score (nSPS) is 13.8. The Morgan fingerprint density at radius 2 is 1.92 bits per heavy atom. The van der Waals surface area contributed by atoms with Gasteiger partial charge in [-0.2, -0.15) is 0 Å². The van der Waals surface area contributed by atoms with Gasteiger partial charge >= 0.3 is 5.97 Å². The van der Waals surface area contributed by atoms with Crippen molar-refractivity contribution in [3.63, 3.8) is 0 Å². The summed E-state index contributed by atoms with van der Waals surface area (Å²) in [5, 5.41) is 11.7. The number of para-hydroxylation sites is 1. The zero-order valence-electron chi connectivity index (χ0n) is 13.2. The van der Waals surface area contributed by atoms with Crippen LogP contribution in [0.15, 0.2) is 42.6 Å². The smallest absolute Gasteiger partial charge is 0.307 e. The Balaban J connectivity index is 1.78. The van der Waals surface area contributed by atoms with Gasteiger partial charge in [0.25, 0.3) is 5.91 Å². The quantitative estimate of drug-likeness (QED) is 0.883. The van der Waals surface area contributed by atoms with Crippen LogP contribution in [0.3, 0.4) is 0 Å². The molecule has 24 heavy (non-hydrogen) atoms. The van der Waals surface area contributed by atoms with E-state index in [4.69, 9.17) is 5.11 Å². The number of hydrogen-bond donors (Lipinski definition) is 2. The molecule has 6 nitrogen and oxygen atoms in total. The number of hydrogen-bond acceptors (Lipinski definition) is 4. The molecule has 2 aromatic rings. The van der Waals surface area contributed by atoms with Crippen LogP contribution in [0.1, 0.15) is 28.9 Å². The predicted octanol–water partition coefficient (Wildman–Crippen LogP) is 2.56. The van der Waals surface area contributed by atoms with Crippen molar-refractivity contribution < 1.29 is 14.7 Å². The van der Waals surface area contributed by atoms with Crippen molar-refractivity contribution in [3.8, 4) is 0 Å². The summed E-state index contributed by atoms with van der Waals surface area (Å²) in [6.45, 7) is 1.99. The molecule has 1 fully saturated rings. The van der Waals surface area contributed by atoms with Gasteiger partial charge in [0.15, 0.2) is 0 Å². The first-order valence-corrected chi connectivity index (χ1v) is 7.95. The van der Waals surface area contributed by atoms with Gasteiger partial charge in [-0.05, 0) is 36.6 Å². The largest absolute Gasteiger partial charge is 0.481 e. The Morgan fingerprint density at radius 3 is 2.67 bits per heavy atom. The molecule has 0 radical (unpaired) electrons. The number of carboxylic acids is 1. The zero-order valence-corrected chi connectivity index (χ0v) is 13.2. The molecule has 0 aliphatic carbocycles. The van der Waals surface area contributed by atoms with Gasteiger partial charge in [-0.1, -0.05) is 18.2 Å². The molecule has 1 aromatic carbocycles. The molecule has 1 aliphatic heterocycles. The number of nitrogens with one attached hydrogen (secondary N) is 1. The summed E-state index contributed by atoms with van der Waals surface area (Å²) in [6, 6.07) is 10.6. The topological polar surface area (TPSA) is 82.5 Å². The van der Waals surface area contributed by atoms with Gasteiger partial charge in [0, 0.05) is 30.7 Å². The van der Waals surface area contributed by atoms with E-state index < -0.39 is 5.97 Å². The van der Waals surface area contributed by atoms with E-state index in [-0.39, 0.29) is 12.3 Å². The van der Waals surface area contributed by atoms with E-state index in [0.29, 0.717) is 16.9 Å². The molecule has 0 unspecified atom stereocenters. The number of aliphatic carboxylic acids is 1. The van der Waals surface area contributed by atoms with Crippen LogP contribution < -0.4 is 10.2 Å². The second kappa shape index (κ2) is 7.12. The second-order valence-electron chi connectivity index (χ2n) is 5.78. The van der Waals surface area contributed by atoms with E-state index in [9.17, 15) is 9.59 Å². The zero-order chi connectivity index (χ0) is 16.9. The summed E-state index contributed by atoms with van der Waals surface area (Å²) in [7, 11) is 0. The third-order valence-electron chi connectivity index (χ3n) is 4.05. The summed E-state index contributed by atoms with van der Waals surface area (Å²) >= 11 is 0. The third kappa shape index (κ3) is 3.71. The monoisotopic (exact) mass is 325 g/mol. The molecule has 0 atom stereocenters. The van der Waals surface area contributed by atoms with Crippen molar-refractivity contribution in [2.24, 2.45) is 0 Å². The molecule has 1 aliphatic rings. The highest BCUT2D eigenvalue weighted by atomic mass is 16.4. The Bertz CT molecular complexity index is 755. The van der Waals surface area contributed by atoms with Crippen molar-refractivity contribution in [1.82, 2.24) is 4.98 Å². The fraction of sp³-hybridized carbons (Fsp3) is 0.278. The number of rotatable bonds is 5. The maximum atomic E-state index is 12.5. The first kappa shape index (κ1) is 16.0. The molecule has 1 saturated heterocycles. The number of nitrogens with zero attached hydrogens (tertiary/aromatic N) is 2. The molecular formula is C18H19N3O3. The molecule has 2 N–H and O–H groups in total. The number of carboxylic acid groups (broad SMARTS) is 1. The molecule has 124 valence electrons. The SMILES string of the molecule is O=C(O)Cc1ccccc1NC(=O)c1cc(N2CCCC2)ccn1. The Hall–Kier alpha value is -2.89. The molecule has 1 amide bonds. The molecule has 1 aromatic heterocycles. The highest BCUT2D eigenvalue weighted by Crippen LogP contribution is 2.21. The summed E-state index contributed by atoms with van der Waals surface area (Å²) < 4.78 is 0. The average molecular weight is 325 g/mol.